The second-order valence-electron chi connectivity index (χ2n) is 6.75. The second kappa shape index (κ2) is 4.58. The summed E-state index contributed by atoms with van der Waals surface area (Å²) in [5, 5.41) is 0. The van der Waals surface area contributed by atoms with E-state index in [1.807, 2.05) is 4.57 Å². The minimum atomic E-state index is -3.41. The van der Waals surface area contributed by atoms with Crippen LogP contribution in [0.1, 0.15) is 44.8 Å². The van der Waals surface area contributed by atoms with Gasteiger partial charge >= 0.3 is 0 Å². The average molecular weight is 297 g/mol. The zero-order valence-corrected chi connectivity index (χ0v) is 12.9. The molecular formula is C14H23N3O2S. The van der Waals surface area contributed by atoms with Crippen LogP contribution in [0, 0.1) is 11.3 Å². The fourth-order valence-electron chi connectivity index (χ4n) is 2.72. The van der Waals surface area contributed by atoms with Gasteiger partial charge in [-0.15, -0.1) is 0 Å². The quantitative estimate of drug-likeness (QED) is 0.837. The molecule has 112 valence electrons. The van der Waals surface area contributed by atoms with Crippen LogP contribution in [0.2, 0.25) is 0 Å². The predicted molar refractivity (Wildman–Crippen MR) is 77.7 cm³/mol. The lowest BCUT2D eigenvalue weighted by molar-refractivity contribution is 0.537. The van der Waals surface area contributed by atoms with Crippen LogP contribution >= 0.6 is 0 Å². The molecule has 3 rings (SSSR count). The first-order chi connectivity index (χ1) is 9.33. The SMILES string of the molecule is CC1(C)CC1CNS(=O)(=O)c1cc(CN)n(C2CC2)c1. The zero-order valence-electron chi connectivity index (χ0n) is 12.1. The third-order valence-corrected chi connectivity index (χ3v) is 5.99. The minimum absolute atomic E-state index is 0.283. The summed E-state index contributed by atoms with van der Waals surface area (Å²) in [5.41, 5.74) is 6.89. The van der Waals surface area contributed by atoms with Crippen LogP contribution in [-0.2, 0) is 16.6 Å². The van der Waals surface area contributed by atoms with Crippen LogP contribution in [0.25, 0.3) is 0 Å². The molecule has 6 heteroatoms. The van der Waals surface area contributed by atoms with Gasteiger partial charge in [0.2, 0.25) is 10.0 Å². The lowest BCUT2D eigenvalue weighted by Crippen LogP contribution is -2.26. The summed E-state index contributed by atoms with van der Waals surface area (Å²) in [7, 11) is -3.41. The van der Waals surface area contributed by atoms with Gasteiger partial charge in [-0.05, 0) is 36.7 Å². The molecule has 3 N–H and O–H groups in total. The molecule has 0 saturated heterocycles. The molecule has 0 amide bonds. The summed E-state index contributed by atoms with van der Waals surface area (Å²) in [4.78, 5) is 0.350. The topological polar surface area (TPSA) is 77.1 Å². The zero-order chi connectivity index (χ0) is 14.5. The van der Waals surface area contributed by atoms with E-state index in [0.29, 0.717) is 29.9 Å². The van der Waals surface area contributed by atoms with E-state index in [0.717, 1.165) is 25.0 Å². The lowest BCUT2D eigenvalue weighted by Gasteiger charge is -2.06. The summed E-state index contributed by atoms with van der Waals surface area (Å²) in [6.45, 7) is 5.24. The lowest BCUT2D eigenvalue weighted by atomic mass is 10.1. The van der Waals surface area contributed by atoms with Gasteiger partial charge in [0.15, 0.2) is 0 Å². The fraction of sp³-hybridized carbons (Fsp3) is 0.714. The highest BCUT2D eigenvalue weighted by molar-refractivity contribution is 7.89. The summed E-state index contributed by atoms with van der Waals surface area (Å²) in [6.07, 6.45) is 5.06. The first-order valence-electron chi connectivity index (χ1n) is 7.24. The molecule has 20 heavy (non-hydrogen) atoms. The van der Waals surface area contributed by atoms with Crippen molar-refractivity contribution in [3.8, 4) is 0 Å². The highest BCUT2D eigenvalue weighted by atomic mass is 32.2. The molecule has 0 aromatic carbocycles. The van der Waals surface area contributed by atoms with Crippen molar-refractivity contribution >= 4 is 10.0 Å². The van der Waals surface area contributed by atoms with Gasteiger partial charge in [-0.25, -0.2) is 13.1 Å². The molecule has 1 aromatic heterocycles. The van der Waals surface area contributed by atoms with Crippen molar-refractivity contribution in [2.45, 2.75) is 50.6 Å². The maximum absolute atomic E-state index is 12.3. The average Bonchev–Trinajstić information content (AvgIpc) is 3.26. The number of sulfonamides is 1. The summed E-state index contributed by atoms with van der Waals surface area (Å²) in [5.74, 6) is 0.455. The molecule has 0 aliphatic heterocycles. The summed E-state index contributed by atoms with van der Waals surface area (Å²) >= 11 is 0. The molecule has 0 radical (unpaired) electrons. The number of hydrogen-bond acceptors (Lipinski definition) is 3. The van der Waals surface area contributed by atoms with Gasteiger partial charge in [-0.1, -0.05) is 13.8 Å². The van der Waals surface area contributed by atoms with Crippen LogP contribution in [-0.4, -0.2) is 19.5 Å². The Kier molecular flexibility index (Phi) is 3.23. The second-order valence-corrected chi connectivity index (χ2v) is 8.52. The standard InChI is InChI=1S/C14H23N3O2S/c1-14(2)6-10(14)8-16-20(18,19)13-5-12(7-15)17(9-13)11-3-4-11/h5,9-11,16H,3-4,6-8,15H2,1-2H3. The van der Waals surface area contributed by atoms with E-state index in [2.05, 4.69) is 18.6 Å². The largest absolute Gasteiger partial charge is 0.346 e. The predicted octanol–water partition coefficient (Wildman–Crippen LogP) is 1.61. The van der Waals surface area contributed by atoms with E-state index in [-0.39, 0.29) is 5.41 Å². The number of nitrogens with one attached hydrogen (secondary N) is 1. The van der Waals surface area contributed by atoms with Crippen molar-refractivity contribution in [3.05, 3.63) is 18.0 Å². The van der Waals surface area contributed by atoms with Crippen LogP contribution in [0.4, 0.5) is 0 Å². The van der Waals surface area contributed by atoms with Gasteiger partial charge in [0, 0.05) is 31.0 Å². The monoisotopic (exact) mass is 297 g/mol. The Hall–Kier alpha value is -0.850. The minimum Gasteiger partial charge on any atom is -0.346 e. The fourth-order valence-corrected chi connectivity index (χ4v) is 3.85. The maximum atomic E-state index is 12.3. The Morgan fingerprint density at radius 2 is 2.10 bits per heavy atom. The molecule has 2 aliphatic carbocycles. The molecule has 0 spiro atoms. The maximum Gasteiger partial charge on any atom is 0.242 e. The number of aromatic nitrogens is 1. The Bertz CT molecular complexity index is 614. The molecule has 1 unspecified atom stereocenters. The third-order valence-electron chi connectivity index (χ3n) is 4.60. The Morgan fingerprint density at radius 1 is 1.45 bits per heavy atom. The van der Waals surface area contributed by atoms with Crippen molar-refractivity contribution in [1.82, 2.24) is 9.29 Å². The van der Waals surface area contributed by atoms with Crippen LogP contribution in [0.3, 0.4) is 0 Å². The number of hydrogen-bond donors (Lipinski definition) is 2. The van der Waals surface area contributed by atoms with Crippen molar-refractivity contribution in [2.75, 3.05) is 6.54 Å². The molecule has 2 aliphatic rings. The van der Waals surface area contributed by atoms with Crippen molar-refractivity contribution in [3.63, 3.8) is 0 Å². The highest BCUT2D eigenvalue weighted by Crippen LogP contribution is 2.51. The first kappa shape index (κ1) is 14.1. The van der Waals surface area contributed by atoms with Gasteiger partial charge in [-0.3, -0.25) is 0 Å². The van der Waals surface area contributed by atoms with E-state index in [1.54, 1.807) is 12.3 Å². The molecule has 5 nitrogen and oxygen atoms in total. The molecule has 0 bridgehead atoms. The van der Waals surface area contributed by atoms with E-state index < -0.39 is 10.0 Å². The van der Waals surface area contributed by atoms with Crippen LogP contribution in [0.15, 0.2) is 17.2 Å². The molecule has 2 fully saturated rings. The molecule has 1 aromatic rings. The third kappa shape index (κ3) is 2.64. The van der Waals surface area contributed by atoms with Crippen molar-refractivity contribution in [2.24, 2.45) is 17.1 Å². The van der Waals surface area contributed by atoms with Crippen molar-refractivity contribution < 1.29 is 8.42 Å². The number of nitrogens with two attached hydrogens (primary N) is 1. The van der Waals surface area contributed by atoms with Gasteiger partial charge < -0.3 is 10.3 Å². The Morgan fingerprint density at radius 3 is 2.60 bits per heavy atom. The molecule has 1 atom stereocenters. The summed E-state index contributed by atoms with van der Waals surface area (Å²) in [6, 6.07) is 2.15. The molecular weight excluding hydrogens is 274 g/mol. The number of nitrogens with zero attached hydrogens (tertiary/aromatic N) is 1. The van der Waals surface area contributed by atoms with Crippen LogP contribution in [0.5, 0.6) is 0 Å². The molecule has 1 heterocycles. The Balaban J connectivity index is 1.73. The number of rotatable bonds is 6. The van der Waals surface area contributed by atoms with Gasteiger partial charge in [-0.2, -0.15) is 0 Å². The smallest absolute Gasteiger partial charge is 0.242 e. The summed E-state index contributed by atoms with van der Waals surface area (Å²) < 4.78 is 29.4. The van der Waals surface area contributed by atoms with Crippen LogP contribution < -0.4 is 10.5 Å². The van der Waals surface area contributed by atoms with E-state index in [4.69, 9.17) is 5.73 Å². The molecule has 2 saturated carbocycles. The van der Waals surface area contributed by atoms with Crippen molar-refractivity contribution in [1.29, 1.82) is 0 Å². The first-order valence-corrected chi connectivity index (χ1v) is 8.72. The van der Waals surface area contributed by atoms with Gasteiger partial charge in [0.05, 0.1) is 4.90 Å². The van der Waals surface area contributed by atoms with Gasteiger partial charge in [0.1, 0.15) is 0 Å². The van der Waals surface area contributed by atoms with E-state index in [1.165, 1.54) is 0 Å². The van der Waals surface area contributed by atoms with E-state index >= 15 is 0 Å². The normalized spacial score (nSPS) is 24.9. The Labute approximate surface area is 120 Å². The van der Waals surface area contributed by atoms with Gasteiger partial charge in [0.25, 0.3) is 0 Å². The highest BCUT2D eigenvalue weighted by Gasteiger charge is 2.45. The van der Waals surface area contributed by atoms with E-state index in [9.17, 15) is 8.42 Å².